The van der Waals surface area contributed by atoms with E-state index in [4.69, 9.17) is 11.3 Å². The summed E-state index contributed by atoms with van der Waals surface area (Å²) in [7, 11) is 1.29. The van der Waals surface area contributed by atoms with Crippen LogP contribution in [0, 0.1) is 5.41 Å². The first-order chi connectivity index (χ1) is 5.65. The molecule has 0 atom stereocenters. The normalized spacial score (nSPS) is 9.42. The summed E-state index contributed by atoms with van der Waals surface area (Å²) in [5.74, 6) is 4.84. The van der Waals surface area contributed by atoms with E-state index in [0.29, 0.717) is 5.56 Å². The number of pyridine rings is 1. The van der Waals surface area contributed by atoms with Gasteiger partial charge in [0.2, 0.25) is 0 Å². The maximum Gasteiger partial charge on any atom is 0.338 e. The largest absolute Gasteiger partial charge is 0.465 e. The van der Waals surface area contributed by atoms with Gasteiger partial charge < -0.3 is 10.6 Å². The van der Waals surface area contributed by atoms with Gasteiger partial charge in [0.1, 0.15) is 5.49 Å². The lowest BCUT2D eigenvalue weighted by Gasteiger charge is -2.00. The molecule has 0 spiro atoms. The summed E-state index contributed by atoms with van der Waals surface area (Å²) >= 11 is 0. The Morgan fingerprint density at radius 1 is 1.75 bits per heavy atom. The van der Waals surface area contributed by atoms with Crippen molar-refractivity contribution < 1.29 is 9.53 Å². The number of ether oxygens (including phenoxy) is 1. The van der Waals surface area contributed by atoms with E-state index in [-0.39, 0.29) is 5.49 Å². The first-order valence-corrected chi connectivity index (χ1v) is 3.26. The lowest BCUT2D eigenvalue weighted by atomic mass is 10.3. The lowest BCUT2D eigenvalue weighted by molar-refractivity contribution is 0.0600. The van der Waals surface area contributed by atoms with Gasteiger partial charge in [-0.05, 0) is 12.1 Å². The molecule has 0 unspecified atom stereocenters. The molecule has 64 valence electrons. The first-order valence-electron chi connectivity index (χ1n) is 3.26. The van der Waals surface area contributed by atoms with Crippen molar-refractivity contribution in [1.82, 2.24) is 4.68 Å². The van der Waals surface area contributed by atoms with Crippen LogP contribution in [0.2, 0.25) is 0 Å². The van der Waals surface area contributed by atoms with Gasteiger partial charge in [-0.25, -0.2) is 4.79 Å². The van der Waals surface area contributed by atoms with Gasteiger partial charge in [-0.2, -0.15) is 0 Å². The Bertz CT molecular complexity index is 356. The fourth-order valence-electron chi connectivity index (χ4n) is 0.756. The zero-order valence-electron chi connectivity index (χ0n) is 6.57. The number of nitrogens with zero attached hydrogens (tertiary/aromatic N) is 1. The third kappa shape index (κ3) is 1.45. The molecule has 0 fully saturated rings. The van der Waals surface area contributed by atoms with Crippen LogP contribution in [0.3, 0.4) is 0 Å². The number of nitrogen functional groups attached to an aromatic ring is 1. The van der Waals surface area contributed by atoms with Crippen molar-refractivity contribution in [2.75, 3.05) is 13.0 Å². The molecule has 0 aliphatic carbocycles. The predicted octanol–water partition coefficient (Wildman–Crippen LogP) is -0.532. The van der Waals surface area contributed by atoms with Crippen LogP contribution in [0.25, 0.3) is 0 Å². The second kappa shape index (κ2) is 3.08. The molecule has 0 saturated heterocycles. The zero-order valence-corrected chi connectivity index (χ0v) is 6.57. The third-order valence-electron chi connectivity index (χ3n) is 1.41. The van der Waals surface area contributed by atoms with E-state index in [0.717, 1.165) is 4.68 Å². The molecule has 0 amide bonds. The molecule has 0 radical (unpaired) electrons. The highest BCUT2D eigenvalue weighted by Crippen LogP contribution is 1.94. The van der Waals surface area contributed by atoms with Crippen LogP contribution in [-0.2, 0) is 4.74 Å². The summed E-state index contributed by atoms with van der Waals surface area (Å²) in [5.41, 5.74) is 0.377. The van der Waals surface area contributed by atoms with Crippen LogP contribution in [0.5, 0.6) is 0 Å². The number of nitrogens with two attached hydrogens (primary N) is 1. The van der Waals surface area contributed by atoms with Gasteiger partial charge in [0.25, 0.3) is 0 Å². The highest BCUT2D eigenvalue weighted by Gasteiger charge is 2.03. The second-order valence-electron chi connectivity index (χ2n) is 2.20. The molecule has 0 aliphatic heterocycles. The average Bonchev–Trinajstić information content (AvgIpc) is 2.08. The average molecular weight is 167 g/mol. The molecule has 0 bridgehead atoms. The van der Waals surface area contributed by atoms with Crippen molar-refractivity contribution in [3.05, 3.63) is 29.4 Å². The van der Waals surface area contributed by atoms with E-state index in [1.807, 2.05) is 0 Å². The minimum absolute atomic E-state index is 0.0536. The van der Waals surface area contributed by atoms with Crippen LogP contribution in [-0.4, -0.2) is 17.8 Å². The molecule has 0 saturated carbocycles. The van der Waals surface area contributed by atoms with Gasteiger partial charge in [0.15, 0.2) is 0 Å². The van der Waals surface area contributed by atoms with Crippen molar-refractivity contribution in [3.8, 4) is 0 Å². The number of esters is 1. The van der Waals surface area contributed by atoms with E-state index in [9.17, 15) is 4.79 Å². The Hall–Kier alpha value is -1.78. The van der Waals surface area contributed by atoms with Gasteiger partial charge in [-0.15, -0.1) is 0 Å². The van der Waals surface area contributed by atoms with Gasteiger partial charge in [0.05, 0.1) is 12.7 Å². The van der Waals surface area contributed by atoms with Crippen molar-refractivity contribution in [2.24, 2.45) is 0 Å². The fraction of sp³-hybridized carbons (Fsp3) is 0.143. The first kappa shape index (κ1) is 8.32. The van der Waals surface area contributed by atoms with Gasteiger partial charge in [-0.3, -0.25) is 10.1 Å². The summed E-state index contributed by atoms with van der Waals surface area (Å²) < 4.78 is 5.56. The lowest BCUT2D eigenvalue weighted by Crippen LogP contribution is -2.26. The Kier molecular flexibility index (Phi) is 2.14. The van der Waals surface area contributed by atoms with Crippen molar-refractivity contribution >= 4 is 5.97 Å². The summed E-state index contributed by atoms with van der Waals surface area (Å²) in [5, 5.41) is 7.26. The molecule has 1 aromatic heterocycles. The van der Waals surface area contributed by atoms with E-state index in [1.54, 1.807) is 0 Å². The Morgan fingerprint density at radius 3 is 2.92 bits per heavy atom. The molecular weight excluding hydrogens is 158 g/mol. The molecular formula is C7H9N3O2. The van der Waals surface area contributed by atoms with E-state index < -0.39 is 5.97 Å². The number of carbonyl (C=O) groups excluding carboxylic acids is 1. The Labute approximate surface area is 68.9 Å². The SMILES string of the molecule is COC(=O)c1ccn(N)c(=N)c1. The predicted molar refractivity (Wildman–Crippen MR) is 41.8 cm³/mol. The summed E-state index contributed by atoms with van der Waals surface area (Å²) in [4.78, 5) is 10.9. The molecule has 3 N–H and O–H groups in total. The summed E-state index contributed by atoms with van der Waals surface area (Å²) in [6.07, 6.45) is 1.43. The van der Waals surface area contributed by atoms with Crippen LogP contribution < -0.4 is 11.3 Å². The molecule has 5 nitrogen and oxygen atoms in total. The summed E-state index contributed by atoms with van der Waals surface area (Å²) in [6.45, 7) is 0. The van der Waals surface area contributed by atoms with Crippen molar-refractivity contribution in [2.45, 2.75) is 0 Å². The minimum Gasteiger partial charge on any atom is -0.465 e. The number of carbonyl (C=O) groups is 1. The quantitative estimate of drug-likeness (QED) is 0.435. The van der Waals surface area contributed by atoms with E-state index in [2.05, 4.69) is 4.74 Å². The number of nitrogens with one attached hydrogen (secondary N) is 1. The molecule has 0 aliphatic rings. The molecule has 1 heterocycles. The van der Waals surface area contributed by atoms with Crippen molar-refractivity contribution in [1.29, 1.82) is 5.41 Å². The Morgan fingerprint density at radius 2 is 2.42 bits per heavy atom. The Balaban J connectivity index is 3.13. The summed E-state index contributed by atoms with van der Waals surface area (Å²) in [6, 6.07) is 2.83. The number of hydrogen-bond donors (Lipinski definition) is 2. The molecule has 12 heavy (non-hydrogen) atoms. The van der Waals surface area contributed by atoms with Crippen LogP contribution in [0.1, 0.15) is 10.4 Å². The molecule has 0 aromatic carbocycles. The van der Waals surface area contributed by atoms with E-state index in [1.165, 1.54) is 25.4 Å². The highest BCUT2D eigenvalue weighted by molar-refractivity contribution is 5.88. The van der Waals surface area contributed by atoms with Gasteiger partial charge in [-0.1, -0.05) is 0 Å². The maximum absolute atomic E-state index is 10.9. The van der Waals surface area contributed by atoms with Gasteiger partial charge in [0, 0.05) is 6.20 Å². The number of rotatable bonds is 1. The van der Waals surface area contributed by atoms with Crippen LogP contribution >= 0.6 is 0 Å². The molecule has 1 rings (SSSR count). The number of aromatic nitrogens is 1. The topological polar surface area (TPSA) is 81.1 Å². The third-order valence-corrected chi connectivity index (χ3v) is 1.41. The smallest absolute Gasteiger partial charge is 0.338 e. The molecule has 5 heteroatoms. The highest BCUT2D eigenvalue weighted by atomic mass is 16.5. The second-order valence-corrected chi connectivity index (χ2v) is 2.20. The van der Waals surface area contributed by atoms with Crippen LogP contribution in [0.15, 0.2) is 18.3 Å². The van der Waals surface area contributed by atoms with E-state index >= 15 is 0 Å². The standard InChI is InChI=1S/C7H9N3O2/c1-12-7(11)5-2-3-10(9)6(8)4-5/h2-4,8H,9H2,1H3. The number of methoxy groups -OCH3 is 1. The maximum atomic E-state index is 10.9. The van der Waals surface area contributed by atoms with Gasteiger partial charge >= 0.3 is 5.97 Å². The number of hydrogen-bond acceptors (Lipinski definition) is 4. The minimum atomic E-state index is -0.468. The monoisotopic (exact) mass is 167 g/mol. The van der Waals surface area contributed by atoms with Crippen LogP contribution in [0.4, 0.5) is 0 Å². The zero-order chi connectivity index (χ0) is 9.14. The molecule has 1 aromatic rings. The fourth-order valence-corrected chi connectivity index (χ4v) is 0.756. The van der Waals surface area contributed by atoms with Crippen molar-refractivity contribution in [3.63, 3.8) is 0 Å².